The second-order valence-corrected chi connectivity index (χ2v) is 6.33. The highest BCUT2D eigenvalue weighted by molar-refractivity contribution is 5.82. The molecule has 4 heteroatoms. The van der Waals surface area contributed by atoms with Crippen LogP contribution in [0.5, 0.6) is 0 Å². The molecule has 0 unspecified atom stereocenters. The van der Waals surface area contributed by atoms with E-state index in [4.69, 9.17) is 4.84 Å². The van der Waals surface area contributed by atoms with Gasteiger partial charge in [0.2, 0.25) is 0 Å². The number of nitrogens with zero attached hydrogens (tertiary/aromatic N) is 2. The summed E-state index contributed by atoms with van der Waals surface area (Å²) in [6.07, 6.45) is 2.14. The van der Waals surface area contributed by atoms with E-state index in [2.05, 4.69) is 24.3 Å². The number of nitriles is 1. The van der Waals surface area contributed by atoms with Gasteiger partial charge < -0.3 is 4.84 Å². The van der Waals surface area contributed by atoms with Gasteiger partial charge in [0.1, 0.15) is 5.78 Å². The van der Waals surface area contributed by atoms with E-state index in [0.29, 0.717) is 38.8 Å². The zero-order chi connectivity index (χ0) is 16.2. The fourth-order valence-electron chi connectivity index (χ4n) is 3.07. The second-order valence-electron chi connectivity index (χ2n) is 6.33. The molecule has 1 aromatic carbocycles. The van der Waals surface area contributed by atoms with Gasteiger partial charge in [-0.1, -0.05) is 23.8 Å². The van der Waals surface area contributed by atoms with Crippen molar-refractivity contribution in [1.29, 1.82) is 5.26 Å². The maximum Gasteiger partial charge on any atom is 0.138 e. The summed E-state index contributed by atoms with van der Waals surface area (Å²) in [6, 6.07) is 8.58. The lowest BCUT2D eigenvalue weighted by atomic mass is 9.75. The molecule has 118 valence electrons. The Morgan fingerprint density at radius 3 is 2.64 bits per heavy atom. The van der Waals surface area contributed by atoms with Gasteiger partial charge in [-0.2, -0.15) is 10.3 Å². The first-order chi connectivity index (χ1) is 10.5. The first-order valence-electron chi connectivity index (χ1n) is 7.76. The first kappa shape index (κ1) is 16.7. The van der Waals surface area contributed by atoms with E-state index in [9.17, 15) is 10.1 Å². The van der Waals surface area contributed by atoms with Gasteiger partial charge in [0, 0.05) is 25.9 Å². The molecule has 0 aromatic heterocycles. The van der Waals surface area contributed by atoms with Gasteiger partial charge >= 0.3 is 0 Å². The van der Waals surface area contributed by atoms with E-state index >= 15 is 0 Å². The lowest BCUT2D eigenvalue weighted by Crippen LogP contribution is -2.40. The summed E-state index contributed by atoms with van der Waals surface area (Å²) < 4.78 is 0. The number of piperidine rings is 1. The molecule has 1 aliphatic heterocycles. The Labute approximate surface area is 132 Å². The summed E-state index contributed by atoms with van der Waals surface area (Å²) in [5.41, 5.74) is 2.85. The van der Waals surface area contributed by atoms with Crippen LogP contribution in [0.15, 0.2) is 18.2 Å². The van der Waals surface area contributed by atoms with Crippen LogP contribution in [-0.4, -0.2) is 31.0 Å². The molecule has 0 saturated carbocycles. The molecule has 1 fully saturated rings. The minimum atomic E-state index is -0.524. The summed E-state index contributed by atoms with van der Waals surface area (Å²) in [6.45, 7) is 5.48. The topological polar surface area (TPSA) is 53.3 Å². The maximum atomic E-state index is 12.5. The molecule has 0 radical (unpaired) electrons. The second kappa shape index (κ2) is 7.04. The molecule has 0 aliphatic carbocycles. The van der Waals surface area contributed by atoms with E-state index in [-0.39, 0.29) is 5.78 Å². The van der Waals surface area contributed by atoms with Crippen LogP contribution in [0, 0.1) is 30.6 Å². The molecule has 1 aliphatic rings. The van der Waals surface area contributed by atoms with Crippen molar-refractivity contribution < 1.29 is 9.63 Å². The third kappa shape index (κ3) is 3.94. The third-order valence-corrected chi connectivity index (χ3v) is 4.60. The average Bonchev–Trinajstić information content (AvgIpc) is 2.51. The highest BCUT2D eigenvalue weighted by Crippen LogP contribution is 2.35. The Morgan fingerprint density at radius 2 is 2.05 bits per heavy atom. The smallest absolute Gasteiger partial charge is 0.138 e. The molecule has 1 aromatic rings. The average molecular weight is 300 g/mol. The highest BCUT2D eigenvalue weighted by atomic mass is 16.7. The number of carbonyl (C=O) groups excluding carboxylic acids is 1. The van der Waals surface area contributed by atoms with Gasteiger partial charge in [0.05, 0.1) is 18.6 Å². The molecule has 0 spiro atoms. The quantitative estimate of drug-likeness (QED) is 0.839. The number of aryl methyl sites for hydroxylation is 2. The molecule has 0 atom stereocenters. The first-order valence-corrected chi connectivity index (χ1v) is 7.76. The SMILES string of the molecule is CON1CCC(C#N)(CC(=O)Cc2cc(C)ccc2C)CC1. The lowest BCUT2D eigenvalue weighted by Gasteiger charge is -2.35. The van der Waals surface area contributed by atoms with Crippen LogP contribution in [0.1, 0.15) is 36.0 Å². The van der Waals surface area contributed by atoms with E-state index in [1.807, 2.05) is 18.9 Å². The van der Waals surface area contributed by atoms with E-state index in [1.54, 1.807) is 7.11 Å². The number of hydrogen-bond acceptors (Lipinski definition) is 4. The van der Waals surface area contributed by atoms with Crippen molar-refractivity contribution in [2.45, 2.75) is 39.5 Å². The molecular weight excluding hydrogens is 276 g/mol. The molecule has 2 rings (SSSR count). The molecule has 4 nitrogen and oxygen atoms in total. The number of Topliss-reactive ketones (excluding diaryl/α,β-unsaturated/α-hetero) is 1. The van der Waals surface area contributed by atoms with Gasteiger partial charge in [-0.05, 0) is 37.8 Å². The van der Waals surface area contributed by atoms with Crippen LogP contribution in [-0.2, 0) is 16.1 Å². The summed E-state index contributed by atoms with van der Waals surface area (Å²) >= 11 is 0. The largest absolute Gasteiger partial charge is 0.302 e. The molecule has 0 bridgehead atoms. The van der Waals surface area contributed by atoms with Crippen molar-refractivity contribution in [3.8, 4) is 6.07 Å². The number of benzene rings is 1. The summed E-state index contributed by atoms with van der Waals surface area (Å²) in [7, 11) is 1.64. The summed E-state index contributed by atoms with van der Waals surface area (Å²) in [5.74, 6) is 0.154. The highest BCUT2D eigenvalue weighted by Gasteiger charge is 2.36. The Bertz CT molecular complexity index is 581. The van der Waals surface area contributed by atoms with Crippen LogP contribution in [0.3, 0.4) is 0 Å². The fourth-order valence-corrected chi connectivity index (χ4v) is 3.07. The molecule has 0 N–H and O–H groups in total. The Morgan fingerprint density at radius 1 is 1.36 bits per heavy atom. The predicted octanol–water partition coefficient (Wildman–Crippen LogP) is 2.97. The third-order valence-electron chi connectivity index (χ3n) is 4.60. The fraction of sp³-hybridized carbons (Fsp3) is 0.556. The Kier molecular flexibility index (Phi) is 5.33. The van der Waals surface area contributed by atoms with Crippen molar-refractivity contribution in [1.82, 2.24) is 5.06 Å². The molecule has 1 heterocycles. The van der Waals surface area contributed by atoms with Crippen LogP contribution in [0.4, 0.5) is 0 Å². The number of ketones is 1. The zero-order valence-electron chi connectivity index (χ0n) is 13.7. The van der Waals surface area contributed by atoms with Crippen molar-refractivity contribution in [2.75, 3.05) is 20.2 Å². The maximum absolute atomic E-state index is 12.5. The van der Waals surface area contributed by atoms with E-state index in [0.717, 1.165) is 16.7 Å². The van der Waals surface area contributed by atoms with Gasteiger partial charge in [0.25, 0.3) is 0 Å². The molecule has 0 amide bonds. The van der Waals surface area contributed by atoms with Crippen LogP contribution in [0.2, 0.25) is 0 Å². The van der Waals surface area contributed by atoms with Gasteiger partial charge in [-0.25, -0.2) is 0 Å². The molecule has 1 saturated heterocycles. The number of carbonyl (C=O) groups is 1. The summed E-state index contributed by atoms with van der Waals surface area (Å²) in [4.78, 5) is 17.7. The normalized spacial score (nSPS) is 17.9. The van der Waals surface area contributed by atoms with Crippen LogP contribution in [0.25, 0.3) is 0 Å². The number of hydrogen-bond donors (Lipinski definition) is 0. The van der Waals surface area contributed by atoms with Gasteiger partial charge in [-0.15, -0.1) is 0 Å². The van der Waals surface area contributed by atoms with Gasteiger partial charge in [-0.3, -0.25) is 4.79 Å². The molecule has 22 heavy (non-hydrogen) atoms. The van der Waals surface area contributed by atoms with Crippen molar-refractivity contribution in [3.63, 3.8) is 0 Å². The predicted molar refractivity (Wildman–Crippen MR) is 85.1 cm³/mol. The molecular formula is C18H24N2O2. The summed E-state index contributed by atoms with van der Waals surface area (Å²) in [5, 5.41) is 11.4. The zero-order valence-corrected chi connectivity index (χ0v) is 13.7. The van der Waals surface area contributed by atoms with Crippen molar-refractivity contribution in [3.05, 3.63) is 34.9 Å². The van der Waals surface area contributed by atoms with Crippen LogP contribution < -0.4 is 0 Å². The van der Waals surface area contributed by atoms with Gasteiger partial charge in [0.15, 0.2) is 0 Å². The monoisotopic (exact) mass is 300 g/mol. The minimum Gasteiger partial charge on any atom is -0.302 e. The standard InChI is InChI=1S/C18H24N2O2/c1-14-4-5-15(2)16(10-14)11-17(21)12-18(13-19)6-8-20(22-3)9-7-18/h4-5,10H,6-9,11-12H2,1-3H3. The Balaban J connectivity index is 2.01. The van der Waals surface area contributed by atoms with Crippen LogP contribution >= 0.6 is 0 Å². The lowest BCUT2D eigenvalue weighted by molar-refractivity contribution is -0.155. The van der Waals surface area contributed by atoms with E-state index < -0.39 is 5.41 Å². The van der Waals surface area contributed by atoms with Crippen molar-refractivity contribution in [2.24, 2.45) is 5.41 Å². The van der Waals surface area contributed by atoms with E-state index in [1.165, 1.54) is 0 Å². The Hall–Kier alpha value is -1.70. The van der Waals surface area contributed by atoms with Crippen molar-refractivity contribution >= 4 is 5.78 Å². The number of hydroxylamine groups is 2. The minimum absolute atomic E-state index is 0.154. The number of rotatable bonds is 5.